The minimum atomic E-state index is 0.360. The van der Waals surface area contributed by atoms with Crippen LogP contribution in [0.4, 0.5) is 11.4 Å². The van der Waals surface area contributed by atoms with Gasteiger partial charge < -0.3 is 11.1 Å². The average molecular weight is 618 g/mol. The van der Waals surface area contributed by atoms with Gasteiger partial charge >= 0.3 is 0 Å². The summed E-state index contributed by atoms with van der Waals surface area (Å²) >= 11 is 0. The molecule has 48 heavy (non-hydrogen) atoms. The highest BCUT2D eigenvalue weighted by Crippen LogP contribution is 2.41. The van der Waals surface area contributed by atoms with Crippen LogP contribution in [0.25, 0.3) is 71.8 Å². The summed E-state index contributed by atoms with van der Waals surface area (Å²) < 4.78 is 2.21. The molecule has 2 aromatic heterocycles. The lowest BCUT2D eigenvalue weighted by Crippen LogP contribution is -2.05. The molecule has 0 aliphatic rings. The van der Waals surface area contributed by atoms with Gasteiger partial charge in [-0.2, -0.15) is 0 Å². The van der Waals surface area contributed by atoms with Crippen LogP contribution in [0.5, 0.6) is 0 Å². The fourth-order valence-corrected chi connectivity index (χ4v) is 6.95. The second-order valence-electron chi connectivity index (χ2n) is 12.1. The molecule has 0 spiro atoms. The molecule has 2 heterocycles. The van der Waals surface area contributed by atoms with E-state index < -0.39 is 0 Å². The normalized spacial score (nSPS) is 11.5. The van der Waals surface area contributed by atoms with Crippen molar-refractivity contribution in [3.05, 3.63) is 163 Å². The maximum Gasteiger partial charge on any atom is 0.235 e. The van der Waals surface area contributed by atoms with E-state index in [4.69, 9.17) is 15.7 Å². The Morgan fingerprint density at radius 2 is 1.15 bits per heavy atom. The Bertz CT molecular complexity index is 2550. The number of rotatable bonds is 6. The van der Waals surface area contributed by atoms with Crippen molar-refractivity contribution in [1.82, 2.24) is 14.5 Å². The van der Waals surface area contributed by atoms with Gasteiger partial charge in [0.2, 0.25) is 5.95 Å². The third-order valence-electron chi connectivity index (χ3n) is 9.21. The number of nitrogens with one attached hydrogen (secondary N) is 1. The lowest BCUT2D eigenvalue weighted by molar-refractivity contribution is 0.995. The first-order valence-electron chi connectivity index (χ1n) is 16.2. The number of nitrogens with two attached hydrogens (primary N) is 1. The molecule has 0 unspecified atom stereocenters. The first kappa shape index (κ1) is 28.0. The Morgan fingerprint density at radius 1 is 0.521 bits per heavy atom. The predicted octanol–water partition coefficient (Wildman–Crippen LogP) is 10.4. The van der Waals surface area contributed by atoms with Gasteiger partial charge in [-0.25, -0.2) is 9.97 Å². The molecule has 0 bridgehead atoms. The maximum atomic E-state index is 6.63. The molecular weight excluding hydrogens is 587 g/mol. The Hall–Kier alpha value is -6.30. The molecule has 9 aromatic rings. The second kappa shape index (κ2) is 11.5. The van der Waals surface area contributed by atoms with Crippen LogP contribution < -0.4 is 11.1 Å². The lowest BCUT2D eigenvalue weighted by atomic mass is 9.98. The van der Waals surface area contributed by atoms with Crippen molar-refractivity contribution in [1.29, 1.82) is 0 Å². The van der Waals surface area contributed by atoms with Crippen molar-refractivity contribution < 1.29 is 0 Å². The smallest absolute Gasteiger partial charge is 0.235 e. The zero-order valence-electron chi connectivity index (χ0n) is 26.1. The number of hydrogen-bond donors (Lipinski definition) is 2. The maximum absolute atomic E-state index is 6.63. The minimum absolute atomic E-state index is 0.360. The number of benzene rings is 7. The molecule has 228 valence electrons. The average Bonchev–Trinajstić information content (AvgIpc) is 3.48. The Labute approximate surface area is 277 Å². The largest absolute Gasteiger partial charge is 0.355 e. The van der Waals surface area contributed by atoms with E-state index in [9.17, 15) is 0 Å². The van der Waals surface area contributed by atoms with Crippen LogP contribution in [-0.2, 0) is 6.54 Å². The van der Waals surface area contributed by atoms with Crippen LogP contribution in [-0.4, -0.2) is 14.5 Å². The van der Waals surface area contributed by atoms with Crippen LogP contribution in [0, 0.1) is 0 Å². The Morgan fingerprint density at radius 3 is 1.83 bits per heavy atom. The summed E-state index contributed by atoms with van der Waals surface area (Å²) in [6.07, 6.45) is 0. The van der Waals surface area contributed by atoms with E-state index in [0.29, 0.717) is 12.5 Å². The fraction of sp³-hybridized carbons (Fsp3) is 0.0233. The zero-order valence-corrected chi connectivity index (χ0v) is 26.1. The van der Waals surface area contributed by atoms with Crippen molar-refractivity contribution in [2.75, 3.05) is 5.32 Å². The van der Waals surface area contributed by atoms with Crippen LogP contribution in [0.2, 0.25) is 0 Å². The number of aromatic nitrogens is 3. The van der Waals surface area contributed by atoms with Gasteiger partial charge in [0.15, 0.2) is 0 Å². The van der Waals surface area contributed by atoms with E-state index in [1.807, 2.05) is 54.6 Å². The van der Waals surface area contributed by atoms with Gasteiger partial charge in [-0.05, 0) is 69.6 Å². The molecule has 5 heteroatoms. The van der Waals surface area contributed by atoms with Gasteiger partial charge in [0, 0.05) is 39.8 Å². The number of hydrogen-bond acceptors (Lipinski definition) is 4. The highest BCUT2D eigenvalue weighted by Gasteiger charge is 2.21. The van der Waals surface area contributed by atoms with E-state index in [1.54, 1.807) is 0 Å². The van der Waals surface area contributed by atoms with E-state index >= 15 is 0 Å². The number of para-hydroxylation sites is 1. The van der Waals surface area contributed by atoms with Crippen molar-refractivity contribution in [3.63, 3.8) is 0 Å². The van der Waals surface area contributed by atoms with E-state index in [0.717, 1.165) is 66.6 Å². The molecule has 9 rings (SSSR count). The minimum Gasteiger partial charge on any atom is -0.355 e. The van der Waals surface area contributed by atoms with Crippen molar-refractivity contribution in [2.45, 2.75) is 6.54 Å². The van der Waals surface area contributed by atoms with Crippen LogP contribution in [0.15, 0.2) is 158 Å². The lowest BCUT2D eigenvalue weighted by Gasteiger charge is -2.14. The van der Waals surface area contributed by atoms with Crippen LogP contribution in [0.1, 0.15) is 5.56 Å². The molecule has 0 saturated heterocycles. The third kappa shape index (κ3) is 4.68. The van der Waals surface area contributed by atoms with Gasteiger partial charge in [0.1, 0.15) is 0 Å². The summed E-state index contributed by atoms with van der Waals surface area (Å²) in [5.41, 5.74) is 15.5. The molecule has 5 nitrogen and oxygen atoms in total. The van der Waals surface area contributed by atoms with Gasteiger partial charge in [0.25, 0.3) is 0 Å². The molecule has 0 amide bonds. The summed E-state index contributed by atoms with van der Waals surface area (Å²) in [7, 11) is 0. The molecule has 0 atom stereocenters. The van der Waals surface area contributed by atoms with E-state index in [1.165, 1.54) is 16.2 Å². The van der Waals surface area contributed by atoms with E-state index in [2.05, 4.69) is 113 Å². The van der Waals surface area contributed by atoms with Gasteiger partial charge in [-0.15, -0.1) is 0 Å². The SMILES string of the molecule is NCc1c(Nc2ccccc2)ccc2c1c1cc3c(ccc4ccccc43)cc1n2-c1nc(-c2ccccc2)cc(-c2ccccc2)n1. The number of fused-ring (bicyclic) bond motifs is 6. The quantitative estimate of drug-likeness (QED) is 0.182. The molecule has 7 aromatic carbocycles. The highest BCUT2D eigenvalue weighted by atomic mass is 15.2. The highest BCUT2D eigenvalue weighted by molar-refractivity contribution is 6.19. The molecule has 0 radical (unpaired) electrons. The monoisotopic (exact) mass is 617 g/mol. The molecule has 3 N–H and O–H groups in total. The third-order valence-corrected chi connectivity index (χ3v) is 9.21. The Balaban J connectivity index is 1.39. The fourth-order valence-electron chi connectivity index (χ4n) is 6.95. The van der Waals surface area contributed by atoms with E-state index in [-0.39, 0.29) is 0 Å². The standard InChI is InChI=1S/C43H31N5/c44-27-36-37(45-32-17-8-3-9-18-32)22-23-40-42(36)35-25-34-31(21-20-28-12-10-11-19-33(28)34)24-41(35)48(40)43-46-38(29-13-4-1-5-14-29)26-39(47-43)30-15-6-2-7-16-30/h1-26,45H,27,44H2. The van der Waals surface area contributed by atoms with Crippen molar-refractivity contribution in [2.24, 2.45) is 5.73 Å². The first-order chi connectivity index (χ1) is 23.7. The molecule has 0 saturated carbocycles. The summed E-state index contributed by atoms with van der Waals surface area (Å²) in [4.78, 5) is 10.5. The zero-order chi connectivity index (χ0) is 32.0. The molecule has 0 aliphatic carbocycles. The second-order valence-corrected chi connectivity index (χ2v) is 12.1. The molecule has 0 fully saturated rings. The number of nitrogens with zero attached hydrogens (tertiary/aromatic N) is 3. The Kier molecular flexibility index (Phi) is 6.70. The first-order valence-corrected chi connectivity index (χ1v) is 16.2. The predicted molar refractivity (Wildman–Crippen MR) is 200 cm³/mol. The topological polar surface area (TPSA) is 68.8 Å². The molecule has 0 aliphatic heterocycles. The van der Waals surface area contributed by atoms with Gasteiger partial charge in [0.05, 0.1) is 22.4 Å². The van der Waals surface area contributed by atoms with Crippen molar-refractivity contribution in [3.8, 4) is 28.5 Å². The summed E-state index contributed by atoms with van der Waals surface area (Å²) in [6.45, 7) is 0.360. The van der Waals surface area contributed by atoms with Gasteiger partial charge in [-0.1, -0.05) is 115 Å². The van der Waals surface area contributed by atoms with Crippen molar-refractivity contribution >= 4 is 54.7 Å². The van der Waals surface area contributed by atoms with Gasteiger partial charge in [-0.3, -0.25) is 4.57 Å². The summed E-state index contributed by atoms with van der Waals surface area (Å²) in [6, 6.07) is 54.8. The molecular formula is C43H31N5. The summed E-state index contributed by atoms with van der Waals surface area (Å²) in [5.74, 6) is 0.613. The van der Waals surface area contributed by atoms with Crippen LogP contribution >= 0.6 is 0 Å². The van der Waals surface area contributed by atoms with Crippen LogP contribution in [0.3, 0.4) is 0 Å². The number of anilines is 2. The summed E-state index contributed by atoms with van der Waals surface area (Å²) in [5, 5.41) is 10.6.